The van der Waals surface area contributed by atoms with Crippen molar-refractivity contribution in [2.24, 2.45) is 0 Å². The van der Waals surface area contributed by atoms with E-state index in [0.717, 1.165) is 12.0 Å². The van der Waals surface area contributed by atoms with Gasteiger partial charge in [0.1, 0.15) is 0 Å². The number of aromatic nitrogens is 1. The molecule has 2 heterocycles. The van der Waals surface area contributed by atoms with E-state index in [0.29, 0.717) is 28.0 Å². The van der Waals surface area contributed by atoms with Crippen LogP contribution in [-0.4, -0.2) is 23.3 Å². The van der Waals surface area contributed by atoms with Gasteiger partial charge in [0.25, 0.3) is 5.91 Å². The summed E-state index contributed by atoms with van der Waals surface area (Å²) in [6.07, 6.45) is 0.924. The van der Waals surface area contributed by atoms with Crippen molar-refractivity contribution in [3.8, 4) is 0 Å². The van der Waals surface area contributed by atoms with Crippen LogP contribution in [0.3, 0.4) is 0 Å². The zero-order valence-corrected chi connectivity index (χ0v) is 16.1. The Morgan fingerprint density at radius 2 is 1.92 bits per heavy atom. The fraction of sp³-hybridized carbons (Fsp3) is 0.167. The van der Waals surface area contributed by atoms with Crippen molar-refractivity contribution >= 4 is 51.2 Å². The largest absolute Gasteiger partial charge is 0.355 e. The van der Waals surface area contributed by atoms with Crippen LogP contribution in [0.1, 0.15) is 21.6 Å². The molecule has 0 aliphatic heterocycles. The van der Waals surface area contributed by atoms with Gasteiger partial charge in [0.05, 0.1) is 17.7 Å². The Kier molecular flexibility index (Phi) is 6.38. The van der Waals surface area contributed by atoms with Crippen LogP contribution in [0, 0.1) is 0 Å². The zero-order valence-electron chi connectivity index (χ0n) is 13.7. The van der Waals surface area contributed by atoms with E-state index >= 15 is 0 Å². The molecule has 0 fully saturated rings. The molecule has 0 unspecified atom stereocenters. The van der Waals surface area contributed by atoms with E-state index in [1.54, 1.807) is 16.8 Å². The number of nitrogens with one attached hydrogen (secondary N) is 2. The molecule has 0 aliphatic carbocycles. The molecule has 26 heavy (non-hydrogen) atoms. The van der Waals surface area contributed by atoms with Crippen molar-refractivity contribution in [2.75, 3.05) is 11.9 Å². The molecule has 5 nitrogen and oxygen atoms in total. The summed E-state index contributed by atoms with van der Waals surface area (Å²) in [7, 11) is 0. The number of carbonyl (C=O) groups excluding carboxylic acids is 2. The highest BCUT2D eigenvalue weighted by atomic mass is 35.5. The number of amides is 2. The summed E-state index contributed by atoms with van der Waals surface area (Å²) in [6.45, 7) is 0.548. The molecular formula is C18H16ClN3O2S2. The van der Waals surface area contributed by atoms with Crippen LogP contribution in [0.2, 0.25) is 5.02 Å². The lowest BCUT2D eigenvalue weighted by Crippen LogP contribution is -2.27. The minimum absolute atomic E-state index is 0.0972. The van der Waals surface area contributed by atoms with Gasteiger partial charge in [-0.3, -0.25) is 14.9 Å². The Labute approximate surface area is 164 Å². The molecule has 0 aliphatic rings. The maximum Gasteiger partial charge on any atom is 0.258 e. The van der Waals surface area contributed by atoms with Crippen molar-refractivity contribution in [3.05, 3.63) is 68.3 Å². The molecule has 134 valence electrons. The molecule has 0 radical (unpaired) electrons. The predicted octanol–water partition coefficient (Wildman–Crippen LogP) is 4.01. The first kappa shape index (κ1) is 18.6. The summed E-state index contributed by atoms with van der Waals surface area (Å²) in [4.78, 5) is 28.3. The third-order valence-corrected chi connectivity index (χ3v) is 5.29. The summed E-state index contributed by atoms with van der Waals surface area (Å²) < 4.78 is 0. The molecule has 3 rings (SSSR count). The maximum absolute atomic E-state index is 12.0. The Balaban J connectivity index is 1.44. The van der Waals surface area contributed by atoms with Gasteiger partial charge >= 0.3 is 0 Å². The lowest BCUT2D eigenvalue weighted by atomic mass is 10.1. The molecule has 0 saturated carbocycles. The molecule has 0 saturated heterocycles. The SMILES string of the molecule is O=C(Cc1csc(NC(=O)c2ccsc2)n1)NCCc1ccc(Cl)cc1. The Hall–Kier alpha value is -2.22. The van der Waals surface area contributed by atoms with Crippen LogP contribution < -0.4 is 10.6 Å². The van der Waals surface area contributed by atoms with Gasteiger partial charge in [-0.2, -0.15) is 11.3 Å². The number of anilines is 1. The number of rotatable bonds is 7. The van der Waals surface area contributed by atoms with E-state index in [-0.39, 0.29) is 18.2 Å². The van der Waals surface area contributed by atoms with Crippen molar-refractivity contribution in [3.63, 3.8) is 0 Å². The minimum Gasteiger partial charge on any atom is -0.355 e. The number of thiophene rings is 1. The molecule has 8 heteroatoms. The Bertz CT molecular complexity index is 876. The first-order valence-corrected chi connectivity index (χ1v) is 10.1. The van der Waals surface area contributed by atoms with Gasteiger partial charge in [0, 0.05) is 22.3 Å². The van der Waals surface area contributed by atoms with Gasteiger partial charge in [0.2, 0.25) is 5.91 Å². The smallest absolute Gasteiger partial charge is 0.258 e. The average Bonchev–Trinajstić information content (AvgIpc) is 3.29. The lowest BCUT2D eigenvalue weighted by molar-refractivity contribution is -0.120. The normalized spacial score (nSPS) is 10.5. The summed E-state index contributed by atoms with van der Waals surface area (Å²) in [5, 5.41) is 12.2. The molecule has 0 spiro atoms. The molecule has 1 aromatic carbocycles. The number of nitrogens with zero attached hydrogens (tertiary/aromatic N) is 1. The van der Waals surface area contributed by atoms with Gasteiger partial charge in [-0.25, -0.2) is 4.98 Å². The van der Waals surface area contributed by atoms with E-state index < -0.39 is 0 Å². The fourth-order valence-electron chi connectivity index (χ4n) is 2.23. The van der Waals surface area contributed by atoms with Gasteiger partial charge in [-0.15, -0.1) is 11.3 Å². The van der Waals surface area contributed by atoms with E-state index in [4.69, 9.17) is 11.6 Å². The minimum atomic E-state index is -0.195. The molecule has 0 atom stereocenters. The van der Waals surface area contributed by atoms with E-state index in [1.807, 2.05) is 29.6 Å². The summed E-state index contributed by atoms with van der Waals surface area (Å²) >= 11 is 8.62. The number of halogens is 1. The highest BCUT2D eigenvalue weighted by Gasteiger charge is 2.11. The molecule has 2 N–H and O–H groups in total. The van der Waals surface area contributed by atoms with Crippen LogP contribution in [0.4, 0.5) is 5.13 Å². The van der Waals surface area contributed by atoms with Gasteiger partial charge < -0.3 is 5.32 Å². The van der Waals surface area contributed by atoms with Crippen LogP contribution in [0.25, 0.3) is 0 Å². The fourth-order valence-corrected chi connectivity index (χ4v) is 3.70. The third-order valence-electron chi connectivity index (χ3n) is 3.55. The summed E-state index contributed by atoms with van der Waals surface area (Å²) in [5.74, 6) is -0.292. The monoisotopic (exact) mass is 405 g/mol. The first-order chi connectivity index (χ1) is 12.6. The number of thiazole rings is 1. The summed E-state index contributed by atoms with van der Waals surface area (Å²) in [5.41, 5.74) is 2.35. The molecular weight excluding hydrogens is 390 g/mol. The van der Waals surface area contributed by atoms with Crippen LogP contribution >= 0.6 is 34.3 Å². The molecule has 2 amide bonds. The first-order valence-electron chi connectivity index (χ1n) is 7.89. The van der Waals surface area contributed by atoms with Crippen molar-refractivity contribution in [1.82, 2.24) is 10.3 Å². The van der Waals surface area contributed by atoms with Crippen LogP contribution in [-0.2, 0) is 17.6 Å². The number of hydrogen-bond acceptors (Lipinski definition) is 5. The van der Waals surface area contributed by atoms with Crippen LogP contribution in [0.5, 0.6) is 0 Å². The number of carbonyl (C=O) groups is 2. The van der Waals surface area contributed by atoms with Crippen LogP contribution in [0.15, 0.2) is 46.5 Å². The second kappa shape index (κ2) is 8.93. The Morgan fingerprint density at radius 1 is 1.12 bits per heavy atom. The number of hydrogen-bond donors (Lipinski definition) is 2. The van der Waals surface area contributed by atoms with Gasteiger partial charge in [-0.1, -0.05) is 23.7 Å². The molecule has 0 bridgehead atoms. The molecule has 2 aromatic heterocycles. The van der Waals surface area contributed by atoms with E-state index in [1.165, 1.54) is 22.7 Å². The quantitative estimate of drug-likeness (QED) is 0.623. The van der Waals surface area contributed by atoms with Gasteiger partial charge in [0.15, 0.2) is 5.13 Å². The van der Waals surface area contributed by atoms with Crippen molar-refractivity contribution < 1.29 is 9.59 Å². The third kappa shape index (κ3) is 5.39. The second-order valence-corrected chi connectivity index (χ2v) is 7.59. The standard InChI is InChI=1S/C18H16ClN3O2S2/c19-14-3-1-12(2-4-14)5-7-20-16(23)9-15-11-26-18(21-15)22-17(24)13-6-8-25-10-13/h1-4,6,8,10-11H,5,7,9H2,(H,20,23)(H,21,22,24). The zero-order chi connectivity index (χ0) is 18.4. The second-order valence-electron chi connectivity index (χ2n) is 5.51. The Morgan fingerprint density at radius 3 is 2.65 bits per heavy atom. The number of benzene rings is 1. The van der Waals surface area contributed by atoms with Crippen molar-refractivity contribution in [2.45, 2.75) is 12.8 Å². The highest BCUT2D eigenvalue weighted by Crippen LogP contribution is 2.17. The highest BCUT2D eigenvalue weighted by molar-refractivity contribution is 7.14. The average molecular weight is 406 g/mol. The van der Waals surface area contributed by atoms with E-state index in [2.05, 4.69) is 15.6 Å². The lowest BCUT2D eigenvalue weighted by Gasteiger charge is -2.04. The van der Waals surface area contributed by atoms with Gasteiger partial charge in [-0.05, 0) is 35.6 Å². The topological polar surface area (TPSA) is 71.1 Å². The molecule has 3 aromatic rings. The van der Waals surface area contributed by atoms with Crippen molar-refractivity contribution in [1.29, 1.82) is 0 Å². The predicted molar refractivity (Wildman–Crippen MR) is 106 cm³/mol. The maximum atomic E-state index is 12.0. The summed E-state index contributed by atoms with van der Waals surface area (Å²) in [6, 6.07) is 9.30. The van der Waals surface area contributed by atoms with E-state index in [9.17, 15) is 9.59 Å².